The minimum absolute atomic E-state index is 0.219. The standard InChI is InChI=1S/C21H25ClN2OS/c1-4-6-9-16-10-7-8-11-17(16)20(25)24-21(26-5-2)23-19-14-15(3)12-13-18(19)22/h7-8,10-14H,4-6,9H2,1-3H3,(H,23,24,25). The molecule has 0 fully saturated rings. The van der Waals surface area contributed by atoms with Gasteiger partial charge in [0.15, 0.2) is 5.17 Å². The Bertz CT molecular complexity index is 789. The average Bonchev–Trinajstić information content (AvgIpc) is 2.63. The number of thioether (sulfide) groups is 1. The van der Waals surface area contributed by atoms with Crippen molar-refractivity contribution in [1.29, 1.82) is 0 Å². The van der Waals surface area contributed by atoms with Crippen molar-refractivity contribution in [3.63, 3.8) is 0 Å². The summed E-state index contributed by atoms with van der Waals surface area (Å²) in [4.78, 5) is 17.1. The van der Waals surface area contributed by atoms with Crippen LogP contribution in [0.4, 0.5) is 5.69 Å². The van der Waals surface area contributed by atoms with Gasteiger partial charge in [-0.2, -0.15) is 4.99 Å². The number of nitrogens with one attached hydrogen (secondary N) is 1. The van der Waals surface area contributed by atoms with E-state index in [1.165, 1.54) is 11.8 Å². The van der Waals surface area contributed by atoms with Crippen molar-refractivity contribution in [3.05, 3.63) is 64.2 Å². The first-order valence-electron chi connectivity index (χ1n) is 8.92. The second-order valence-electron chi connectivity index (χ2n) is 6.02. The summed E-state index contributed by atoms with van der Waals surface area (Å²) < 4.78 is 0. The molecular weight excluding hydrogens is 364 g/mol. The maximum atomic E-state index is 12.8. The molecule has 1 N–H and O–H groups in total. The first-order chi connectivity index (χ1) is 12.5. The summed E-state index contributed by atoms with van der Waals surface area (Å²) in [5.41, 5.74) is 3.58. The number of rotatable bonds is 6. The molecule has 3 nitrogen and oxygen atoms in total. The van der Waals surface area contributed by atoms with Gasteiger partial charge in [-0.1, -0.05) is 67.9 Å². The molecule has 0 atom stereocenters. The van der Waals surface area contributed by atoms with E-state index in [0.29, 0.717) is 15.8 Å². The molecule has 0 aromatic heterocycles. The predicted octanol–water partition coefficient (Wildman–Crippen LogP) is 6.35. The van der Waals surface area contributed by atoms with Crippen molar-refractivity contribution >= 4 is 40.1 Å². The second-order valence-corrected chi connectivity index (χ2v) is 7.68. The van der Waals surface area contributed by atoms with E-state index in [4.69, 9.17) is 11.6 Å². The van der Waals surface area contributed by atoms with Crippen molar-refractivity contribution in [2.75, 3.05) is 11.1 Å². The van der Waals surface area contributed by atoms with Crippen molar-refractivity contribution in [2.24, 2.45) is 4.99 Å². The lowest BCUT2D eigenvalue weighted by Crippen LogP contribution is -2.13. The second kappa shape index (κ2) is 10.4. The van der Waals surface area contributed by atoms with Crippen molar-refractivity contribution in [2.45, 2.75) is 40.0 Å². The highest BCUT2D eigenvalue weighted by molar-refractivity contribution is 8.14. The molecule has 0 aliphatic heterocycles. The van der Waals surface area contributed by atoms with E-state index in [2.05, 4.69) is 17.2 Å². The van der Waals surface area contributed by atoms with Crippen LogP contribution in [0.5, 0.6) is 0 Å². The number of carbonyl (C=O) groups is 1. The Labute approximate surface area is 165 Å². The van der Waals surface area contributed by atoms with Gasteiger partial charge in [-0.05, 0) is 54.8 Å². The molecule has 5 heteroatoms. The number of benzene rings is 2. The molecular formula is C21H25ClN2OS. The third-order valence-electron chi connectivity index (χ3n) is 3.90. The highest BCUT2D eigenvalue weighted by Crippen LogP contribution is 2.24. The number of amides is 1. The topological polar surface area (TPSA) is 41.5 Å². The first-order valence-corrected chi connectivity index (χ1v) is 10.3. The summed E-state index contributed by atoms with van der Waals surface area (Å²) in [6, 6.07) is 13.5. The lowest BCUT2D eigenvalue weighted by atomic mass is 10.0. The molecule has 0 aliphatic rings. The van der Waals surface area contributed by atoms with Crippen molar-refractivity contribution in [1.82, 2.24) is 0 Å². The number of anilines is 1. The fourth-order valence-electron chi connectivity index (χ4n) is 2.55. The summed E-state index contributed by atoms with van der Waals surface area (Å²) in [7, 11) is 0. The van der Waals surface area contributed by atoms with Crippen LogP contribution in [0.2, 0.25) is 5.02 Å². The van der Waals surface area contributed by atoms with Crippen LogP contribution in [0.1, 0.15) is 48.2 Å². The van der Waals surface area contributed by atoms with Gasteiger partial charge in [0.25, 0.3) is 5.91 Å². The molecule has 1 amide bonds. The van der Waals surface area contributed by atoms with Gasteiger partial charge in [0.2, 0.25) is 0 Å². The lowest BCUT2D eigenvalue weighted by Gasteiger charge is -2.11. The van der Waals surface area contributed by atoms with E-state index in [0.717, 1.165) is 41.8 Å². The molecule has 0 saturated carbocycles. The molecule has 0 saturated heterocycles. The SMILES string of the molecule is CCCCc1ccccc1C(=O)/N=C(\Nc1cc(C)ccc1Cl)SCC. The molecule has 2 rings (SSSR count). The van der Waals surface area contributed by atoms with Gasteiger partial charge in [0, 0.05) is 5.56 Å². The molecule has 0 aliphatic carbocycles. The first kappa shape index (κ1) is 20.5. The molecule has 138 valence electrons. The van der Waals surface area contributed by atoms with Gasteiger partial charge in [-0.25, -0.2) is 0 Å². The molecule has 2 aromatic carbocycles. The van der Waals surface area contributed by atoms with E-state index < -0.39 is 0 Å². The Morgan fingerprint density at radius 2 is 1.96 bits per heavy atom. The molecule has 0 heterocycles. The zero-order valence-electron chi connectivity index (χ0n) is 15.5. The normalized spacial score (nSPS) is 11.5. The monoisotopic (exact) mass is 388 g/mol. The number of aliphatic imine (C=N–C) groups is 1. The van der Waals surface area contributed by atoms with Gasteiger partial charge in [0.1, 0.15) is 0 Å². The Balaban J connectivity index is 2.28. The third-order valence-corrected chi connectivity index (χ3v) is 4.98. The van der Waals surface area contributed by atoms with Crippen molar-refractivity contribution < 1.29 is 4.79 Å². The molecule has 0 unspecified atom stereocenters. The lowest BCUT2D eigenvalue weighted by molar-refractivity contribution is 0.100. The van der Waals surface area contributed by atoms with E-state index in [1.807, 2.05) is 56.3 Å². The van der Waals surface area contributed by atoms with Gasteiger partial charge in [-0.15, -0.1) is 0 Å². The highest BCUT2D eigenvalue weighted by Gasteiger charge is 2.12. The smallest absolute Gasteiger partial charge is 0.279 e. The van der Waals surface area contributed by atoms with E-state index in [-0.39, 0.29) is 5.91 Å². The van der Waals surface area contributed by atoms with Crippen LogP contribution in [0.3, 0.4) is 0 Å². The maximum absolute atomic E-state index is 12.8. The number of unbranched alkanes of at least 4 members (excludes halogenated alkanes) is 1. The summed E-state index contributed by atoms with van der Waals surface area (Å²) in [5, 5.41) is 4.38. The fourth-order valence-corrected chi connectivity index (χ4v) is 3.32. The Kier molecular flexibility index (Phi) is 8.20. The summed E-state index contributed by atoms with van der Waals surface area (Å²) >= 11 is 7.76. The molecule has 0 bridgehead atoms. The van der Waals surface area contributed by atoms with Crippen LogP contribution in [0, 0.1) is 6.92 Å². The minimum Gasteiger partial charge on any atom is -0.333 e. The minimum atomic E-state index is -0.219. The molecule has 2 aromatic rings. The Morgan fingerprint density at radius 1 is 1.19 bits per heavy atom. The number of amidine groups is 1. The van der Waals surface area contributed by atoms with Crippen molar-refractivity contribution in [3.8, 4) is 0 Å². The maximum Gasteiger partial charge on any atom is 0.279 e. The summed E-state index contributed by atoms with van der Waals surface area (Å²) in [5.74, 6) is 0.587. The molecule has 0 spiro atoms. The number of carbonyl (C=O) groups excluding carboxylic acids is 1. The fraction of sp³-hybridized carbons (Fsp3) is 0.333. The Morgan fingerprint density at radius 3 is 2.69 bits per heavy atom. The third kappa shape index (κ3) is 5.89. The Hall–Kier alpha value is -1.78. The van der Waals surface area contributed by atoms with E-state index in [1.54, 1.807) is 0 Å². The number of hydrogen-bond acceptors (Lipinski definition) is 2. The number of aryl methyl sites for hydroxylation is 2. The zero-order chi connectivity index (χ0) is 18.9. The summed E-state index contributed by atoms with van der Waals surface area (Å²) in [6.07, 6.45) is 3.04. The number of halogens is 1. The van der Waals surface area contributed by atoms with Crippen LogP contribution in [-0.4, -0.2) is 16.8 Å². The van der Waals surface area contributed by atoms with Crippen LogP contribution >= 0.6 is 23.4 Å². The molecule has 0 radical (unpaired) electrons. The zero-order valence-corrected chi connectivity index (χ0v) is 17.1. The van der Waals surface area contributed by atoms with Crippen LogP contribution in [-0.2, 0) is 6.42 Å². The van der Waals surface area contributed by atoms with Crippen LogP contribution < -0.4 is 5.32 Å². The van der Waals surface area contributed by atoms with Crippen LogP contribution in [0.15, 0.2) is 47.5 Å². The van der Waals surface area contributed by atoms with Gasteiger partial charge in [0.05, 0.1) is 10.7 Å². The number of hydrogen-bond donors (Lipinski definition) is 1. The average molecular weight is 389 g/mol. The largest absolute Gasteiger partial charge is 0.333 e. The number of nitrogens with zero attached hydrogens (tertiary/aromatic N) is 1. The van der Waals surface area contributed by atoms with E-state index >= 15 is 0 Å². The van der Waals surface area contributed by atoms with Gasteiger partial charge in [-0.3, -0.25) is 4.79 Å². The predicted molar refractivity (Wildman–Crippen MR) is 115 cm³/mol. The van der Waals surface area contributed by atoms with Crippen LogP contribution in [0.25, 0.3) is 0 Å². The highest BCUT2D eigenvalue weighted by atomic mass is 35.5. The quantitative estimate of drug-likeness (QED) is 0.462. The van der Waals surface area contributed by atoms with Gasteiger partial charge >= 0.3 is 0 Å². The summed E-state index contributed by atoms with van der Waals surface area (Å²) in [6.45, 7) is 6.17. The molecule has 26 heavy (non-hydrogen) atoms. The van der Waals surface area contributed by atoms with E-state index in [9.17, 15) is 4.79 Å². The van der Waals surface area contributed by atoms with Gasteiger partial charge < -0.3 is 5.32 Å².